The van der Waals surface area contributed by atoms with E-state index in [1.165, 1.54) is 24.0 Å². The molecule has 2 heterocycles. The van der Waals surface area contributed by atoms with Gasteiger partial charge in [-0.2, -0.15) is 13.2 Å². The number of aryl methyl sites for hydroxylation is 1. The second kappa shape index (κ2) is 8.54. The van der Waals surface area contributed by atoms with Gasteiger partial charge < -0.3 is 20.3 Å². The Bertz CT molecular complexity index is 714. The summed E-state index contributed by atoms with van der Waals surface area (Å²) < 4.78 is 41.6. The lowest BCUT2D eigenvalue weighted by Crippen LogP contribution is -2.47. The second-order valence-corrected chi connectivity index (χ2v) is 6.70. The van der Waals surface area contributed by atoms with Crippen LogP contribution in [0.3, 0.4) is 0 Å². The number of hydrogen-bond acceptors (Lipinski definition) is 4. The number of rotatable bonds is 7. The molecule has 0 saturated carbocycles. The first-order valence-electron chi connectivity index (χ1n) is 8.09. The molecule has 6 nitrogen and oxygen atoms in total. The van der Waals surface area contributed by atoms with E-state index in [0.29, 0.717) is 19.0 Å². The lowest BCUT2D eigenvalue weighted by Gasteiger charge is -2.30. The minimum atomic E-state index is -4.85. The molecule has 2 rings (SSSR count). The molecule has 0 saturated heterocycles. The van der Waals surface area contributed by atoms with Crippen LogP contribution in [0.1, 0.15) is 24.0 Å². The maximum atomic E-state index is 13.5. The Balaban J connectivity index is 2.05. The van der Waals surface area contributed by atoms with Gasteiger partial charge in [0.15, 0.2) is 5.96 Å². The number of halogens is 3. The summed E-state index contributed by atoms with van der Waals surface area (Å²) in [5, 5.41) is 18.1. The van der Waals surface area contributed by atoms with E-state index in [-0.39, 0.29) is 6.54 Å². The average Bonchev–Trinajstić information content (AvgIpc) is 3.22. The number of nitrogens with one attached hydrogen (secondary N) is 2. The average molecular weight is 389 g/mol. The monoisotopic (exact) mass is 389 g/mol. The number of aliphatic imine (C=N–C) groups is 1. The van der Waals surface area contributed by atoms with Gasteiger partial charge in [0, 0.05) is 43.8 Å². The highest BCUT2D eigenvalue weighted by atomic mass is 32.1. The predicted molar refractivity (Wildman–Crippen MR) is 94.9 cm³/mol. The van der Waals surface area contributed by atoms with Gasteiger partial charge in [0.1, 0.15) is 5.82 Å². The normalized spacial score (nSPS) is 14.9. The molecule has 144 valence electrons. The molecular weight excluding hydrogens is 367 g/mol. The van der Waals surface area contributed by atoms with Gasteiger partial charge in [-0.15, -0.1) is 11.3 Å². The Hall–Kier alpha value is -2.07. The summed E-state index contributed by atoms with van der Waals surface area (Å²) in [7, 11) is 1.42. The molecule has 10 heteroatoms. The Morgan fingerprint density at radius 1 is 1.38 bits per heavy atom. The molecule has 0 spiro atoms. The Morgan fingerprint density at radius 3 is 2.69 bits per heavy atom. The fraction of sp³-hybridized carbons (Fsp3) is 0.500. The molecule has 0 aliphatic heterocycles. The topological polar surface area (TPSA) is 74.5 Å². The van der Waals surface area contributed by atoms with E-state index >= 15 is 0 Å². The molecular formula is C16H22F3N5OS. The SMILES string of the molecule is CCNC(=NCc1cccs1)NCCC(O)(c1nccn1C)C(F)(F)F. The molecule has 0 aromatic carbocycles. The molecule has 0 bridgehead atoms. The third kappa shape index (κ3) is 4.76. The zero-order chi connectivity index (χ0) is 19.2. The highest BCUT2D eigenvalue weighted by Crippen LogP contribution is 2.40. The van der Waals surface area contributed by atoms with E-state index < -0.39 is 24.0 Å². The first kappa shape index (κ1) is 20.2. The molecule has 2 aromatic rings. The van der Waals surface area contributed by atoms with Gasteiger partial charge in [-0.25, -0.2) is 9.98 Å². The van der Waals surface area contributed by atoms with Crippen LogP contribution in [-0.2, 0) is 19.2 Å². The standard InChI is InChI=1S/C16H22F3N5OS/c1-3-20-14(23-11-12-5-4-10-26-12)22-7-6-15(25,16(17,18)19)13-21-8-9-24(13)2/h4-5,8-10,25H,3,6-7,11H2,1-2H3,(H2,20,22,23). The zero-order valence-electron chi connectivity index (χ0n) is 14.5. The van der Waals surface area contributed by atoms with Crippen LogP contribution >= 0.6 is 11.3 Å². The number of alkyl halides is 3. The summed E-state index contributed by atoms with van der Waals surface area (Å²) in [6, 6.07) is 3.84. The summed E-state index contributed by atoms with van der Waals surface area (Å²) >= 11 is 1.55. The summed E-state index contributed by atoms with van der Waals surface area (Å²) in [6.07, 6.45) is -2.84. The quantitative estimate of drug-likeness (QED) is 0.502. The fourth-order valence-corrected chi connectivity index (χ4v) is 3.04. The Morgan fingerprint density at radius 2 is 2.15 bits per heavy atom. The molecule has 26 heavy (non-hydrogen) atoms. The van der Waals surface area contributed by atoms with Gasteiger partial charge in [-0.1, -0.05) is 6.07 Å². The molecule has 0 fully saturated rings. The summed E-state index contributed by atoms with van der Waals surface area (Å²) in [4.78, 5) is 9.06. The predicted octanol–water partition coefficient (Wildman–Crippen LogP) is 2.38. The van der Waals surface area contributed by atoms with Gasteiger partial charge in [0.2, 0.25) is 5.60 Å². The van der Waals surface area contributed by atoms with Crippen LogP contribution < -0.4 is 10.6 Å². The maximum Gasteiger partial charge on any atom is 0.424 e. The number of aliphatic hydroxyl groups is 1. The van der Waals surface area contributed by atoms with E-state index in [0.717, 1.165) is 4.88 Å². The highest BCUT2D eigenvalue weighted by molar-refractivity contribution is 7.09. The van der Waals surface area contributed by atoms with Gasteiger partial charge >= 0.3 is 6.18 Å². The van der Waals surface area contributed by atoms with Crippen LogP contribution in [0.2, 0.25) is 0 Å². The molecule has 1 unspecified atom stereocenters. The smallest absolute Gasteiger partial charge is 0.374 e. The van der Waals surface area contributed by atoms with Crippen molar-refractivity contribution in [2.24, 2.45) is 12.0 Å². The Labute approximate surface area is 153 Å². The minimum absolute atomic E-state index is 0.126. The van der Waals surface area contributed by atoms with Crippen molar-refractivity contribution in [1.82, 2.24) is 20.2 Å². The zero-order valence-corrected chi connectivity index (χ0v) is 15.4. The van der Waals surface area contributed by atoms with Crippen molar-refractivity contribution in [2.45, 2.75) is 31.7 Å². The third-order valence-corrected chi connectivity index (χ3v) is 4.62. The number of hydrogen-bond donors (Lipinski definition) is 3. The number of aromatic nitrogens is 2. The first-order chi connectivity index (χ1) is 12.3. The molecule has 3 N–H and O–H groups in total. The molecule has 0 radical (unpaired) electrons. The number of imidazole rings is 1. The van der Waals surface area contributed by atoms with Crippen molar-refractivity contribution >= 4 is 17.3 Å². The molecule has 0 aliphatic rings. The number of guanidine groups is 1. The third-order valence-electron chi connectivity index (χ3n) is 3.76. The van der Waals surface area contributed by atoms with Gasteiger partial charge in [0.05, 0.1) is 6.54 Å². The minimum Gasteiger partial charge on any atom is -0.374 e. The largest absolute Gasteiger partial charge is 0.424 e. The van der Waals surface area contributed by atoms with E-state index in [2.05, 4.69) is 20.6 Å². The van der Waals surface area contributed by atoms with Crippen molar-refractivity contribution in [1.29, 1.82) is 0 Å². The van der Waals surface area contributed by atoms with Crippen LogP contribution in [0.25, 0.3) is 0 Å². The van der Waals surface area contributed by atoms with Crippen molar-refractivity contribution < 1.29 is 18.3 Å². The second-order valence-electron chi connectivity index (χ2n) is 5.67. The van der Waals surface area contributed by atoms with E-state index in [1.807, 2.05) is 24.4 Å². The van der Waals surface area contributed by atoms with Gasteiger partial charge in [-0.3, -0.25) is 0 Å². The lowest BCUT2D eigenvalue weighted by atomic mass is 9.97. The summed E-state index contributed by atoms with van der Waals surface area (Å²) in [5.41, 5.74) is -3.04. The van der Waals surface area contributed by atoms with Crippen LogP contribution in [-0.4, -0.2) is 39.9 Å². The van der Waals surface area contributed by atoms with Crippen molar-refractivity contribution in [3.05, 3.63) is 40.6 Å². The van der Waals surface area contributed by atoms with Crippen LogP contribution in [0.5, 0.6) is 0 Å². The molecule has 0 aliphatic carbocycles. The van der Waals surface area contributed by atoms with Gasteiger partial charge in [-0.05, 0) is 18.4 Å². The van der Waals surface area contributed by atoms with Crippen molar-refractivity contribution in [2.75, 3.05) is 13.1 Å². The molecule has 1 atom stereocenters. The van der Waals surface area contributed by atoms with E-state index in [1.54, 1.807) is 11.3 Å². The maximum absolute atomic E-state index is 13.5. The van der Waals surface area contributed by atoms with E-state index in [4.69, 9.17) is 0 Å². The van der Waals surface area contributed by atoms with Crippen LogP contribution in [0.4, 0.5) is 13.2 Å². The lowest BCUT2D eigenvalue weighted by molar-refractivity contribution is -0.272. The van der Waals surface area contributed by atoms with Crippen LogP contribution in [0.15, 0.2) is 34.9 Å². The molecule has 2 aromatic heterocycles. The first-order valence-corrected chi connectivity index (χ1v) is 8.97. The fourth-order valence-electron chi connectivity index (χ4n) is 2.41. The summed E-state index contributed by atoms with van der Waals surface area (Å²) in [5.74, 6) is -0.0439. The Kier molecular flexibility index (Phi) is 6.65. The van der Waals surface area contributed by atoms with Crippen molar-refractivity contribution in [3.8, 4) is 0 Å². The van der Waals surface area contributed by atoms with Crippen molar-refractivity contribution in [3.63, 3.8) is 0 Å². The molecule has 0 amide bonds. The number of nitrogens with zero attached hydrogens (tertiary/aromatic N) is 3. The highest BCUT2D eigenvalue weighted by Gasteiger charge is 2.57. The van der Waals surface area contributed by atoms with Gasteiger partial charge in [0.25, 0.3) is 0 Å². The van der Waals surface area contributed by atoms with E-state index in [9.17, 15) is 18.3 Å². The summed E-state index contributed by atoms with van der Waals surface area (Å²) in [6.45, 7) is 2.73. The van der Waals surface area contributed by atoms with Crippen LogP contribution in [0, 0.1) is 0 Å². The number of thiophene rings is 1.